The molecule has 2 rings (SSSR count). The van der Waals surface area contributed by atoms with Crippen LogP contribution in [0.1, 0.15) is 64.7 Å². The van der Waals surface area contributed by atoms with Crippen molar-refractivity contribution in [3.8, 4) is 0 Å². The topological polar surface area (TPSA) is 32.3 Å². The Kier molecular flexibility index (Phi) is 6.58. The van der Waals surface area contributed by atoms with E-state index < -0.39 is 0 Å². The molecule has 1 aliphatic carbocycles. The first-order valence-electron chi connectivity index (χ1n) is 8.48. The van der Waals surface area contributed by atoms with E-state index in [4.69, 9.17) is 0 Å². The summed E-state index contributed by atoms with van der Waals surface area (Å²) in [6.45, 7) is 5.15. The van der Waals surface area contributed by atoms with Crippen LogP contribution < -0.4 is 5.32 Å². The maximum Gasteiger partial charge on any atom is 0.226 e. The lowest BCUT2D eigenvalue weighted by Crippen LogP contribution is -2.41. The highest BCUT2D eigenvalue weighted by Crippen LogP contribution is 2.21. The molecule has 0 radical (unpaired) electrons. The number of carbonyl (C=O) groups excluding carboxylic acids is 1. The van der Waals surface area contributed by atoms with E-state index >= 15 is 0 Å². The highest BCUT2D eigenvalue weighted by Gasteiger charge is 2.21. The molecule has 1 saturated heterocycles. The summed E-state index contributed by atoms with van der Waals surface area (Å²) in [5.74, 6) is 0.348. The molecule has 1 unspecified atom stereocenters. The van der Waals surface area contributed by atoms with Crippen LogP contribution in [0.3, 0.4) is 0 Å². The van der Waals surface area contributed by atoms with E-state index in [0.29, 0.717) is 18.4 Å². The van der Waals surface area contributed by atoms with Gasteiger partial charge in [-0.05, 0) is 51.5 Å². The molecule has 3 nitrogen and oxygen atoms in total. The third-order valence-corrected chi connectivity index (χ3v) is 4.50. The first kappa shape index (κ1) is 15.6. The summed E-state index contributed by atoms with van der Waals surface area (Å²) in [4.78, 5) is 14.7. The molecule has 1 atom stereocenters. The van der Waals surface area contributed by atoms with Gasteiger partial charge in [0.25, 0.3) is 0 Å². The first-order valence-corrected chi connectivity index (χ1v) is 8.48. The highest BCUT2D eigenvalue weighted by atomic mass is 16.2. The smallest absolute Gasteiger partial charge is 0.226 e. The van der Waals surface area contributed by atoms with Crippen molar-refractivity contribution in [2.75, 3.05) is 19.6 Å². The Morgan fingerprint density at radius 2 is 2.30 bits per heavy atom. The van der Waals surface area contributed by atoms with Crippen LogP contribution in [-0.2, 0) is 4.79 Å². The highest BCUT2D eigenvalue weighted by molar-refractivity contribution is 5.78. The van der Waals surface area contributed by atoms with E-state index in [1.54, 1.807) is 0 Å². The van der Waals surface area contributed by atoms with Crippen molar-refractivity contribution in [1.82, 2.24) is 10.2 Å². The van der Waals surface area contributed by atoms with Crippen LogP contribution in [0, 0.1) is 0 Å². The number of carbonyl (C=O) groups is 1. The lowest BCUT2D eigenvalue weighted by atomic mass is 9.96. The number of hydrogen-bond acceptors (Lipinski definition) is 2. The molecule has 1 aliphatic heterocycles. The minimum atomic E-state index is 0.348. The van der Waals surface area contributed by atoms with Gasteiger partial charge in [0.2, 0.25) is 5.91 Å². The second-order valence-corrected chi connectivity index (χ2v) is 6.27. The number of nitrogens with one attached hydrogen (secondary N) is 1. The Morgan fingerprint density at radius 1 is 1.40 bits per heavy atom. The molecule has 2 aliphatic rings. The minimum absolute atomic E-state index is 0.348. The maximum atomic E-state index is 12.6. The van der Waals surface area contributed by atoms with Crippen LogP contribution in [0.4, 0.5) is 0 Å². The first-order chi connectivity index (χ1) is 9.79. The van der Waals surface area contributed by atoms with Gasteiger partial charge in [-0.1, -0.05) is 25.0 Å². The standard InChI is InChI=1S/C17H30N2O/c1-2-3-12-19(14-16-10-7-11-18-16)17(20)13-15-8-5-4-6-9-15/h8,16,18H,2-7,9-14H2,1H3. The lowest BCUT2D eigenvalue weighted by Gasteiger charge is -2.27. The van der Waals surface area contributed by atoms with E-state index in [0.717, 1.165) is 38.9 Å². The third kappa shape index (κ3) is 4.93. The van der Waals surface area contributed by atoms with E-state index in [1.165, 1.54) is 37.7 Å². The van der Waals surface area contributed by atoms with Gasteiger partial charge >= 0.3 is 0 Å². The van der Waals surface area contributed by atoms with Crippen molar-refractivity contribution in [2.24, 2.45) is 0 Å². The molecule has 0 aromatic heterocycles. The molecule has 1 fully saturated rings. The van der Waals surface area contributed by atoms with Crippen LogP contribution >= 0.6 is 0 Å². The summed E-state index contributed by atoms with van der Waals surface area (Å²) < 4.78 is 0. The van der Waals surface area contributed by atoms with Crippen molar-refractivity contribution < 1.29 is 4.79 Å². The van der Waals surface area contributed by atoms with Crippen molar-refractivity contribution >= 4 is 5.91 Å². The molecule has 0 saturated carbocycles. The zero-order valence-corrected chi connectivity index (χ0v) is 13.0. The van der Waals surface area contributed by atoms with Crippen molar-refractivity contribution in [3.05, 3.63) is 11.6 Å². The maximum absolute atomic E-state index is 12.6. The van der Waals surface area contributed by atoms with Crippen LogP contribution in [0.15, 0.2) is 11.6 Å². The van der Waals surface area contributed by atoms with Gasteiger partial charge in [0, 0.05) is 25.6 Å². The normalized spacial score (nSPS) is 22.6. The van der Waals surface area contributed by atoms with Gasteiger partial charge in [0.1, 0.15) is 0 Å². The molecule has 20 heavy (non-hydrogen) atoms. The number of amides is 1. The van der Waals surface area contributed by atoms with Crippen LogP contribution in [0.25, 0.3) is 0 Å². The average molecular weight is 278 g/mol. The molecule has 1 N–H and O–H groups in total. The Morgan fingerprint density at radius 3 is 2.95 bits per heavy atom. The van der Waals surface area contributed by atoms with Gasteiger partial charge < -0.3 is 10.2 Å². The predicted octanol–water partition coefficient (Wildman–Crippen LogP) is 3.26. The third-order valence-electron chi connectivity index (χ3n) is 4.50. The molecular formula is C17H30N2O. The van der Waals surface area contributed by atoms with E-state index in [1.807, 2.05) is 0 Å². The summed E-state index contributed by atoms with van der Waals surface area (Å²) in [5.41, 5.74) is 1.38. The van der Waals surface area contributed by atoms with Gasteiger partial charge in [-0.25, -0.2) is 0 Å². The molecule has 1 amide bonds. The number of allylic oxidation sites excluding steroid dienone is 1. The van der Waals surface area contributed by atoms with Crippen molar-refractivity contribution in [3.63, 3.8) is 0 Å². The van der Waals surface area contributed by atoms with Gasteiger partial charge in [-0.15, -0.1) is 0 Å². The summed E-state index contributed by atoms with van der Waals surface area (Å²) in [6.07, 6.45) is 12.6. The van der Waals surface area contributed by atoms with Crippen molar-refractivity contribution in [1.29, 1.82) is 0 Å². The second kappa shape index (κ2) is 8.46. The van der Waals surface area contributed by atoms with Crippen LogP contribution in [0.2, 0.25) is 0 Å². The molecule has 0 bridgehead atoms. The molecule has 1 heterocycles. The SMILES string of the molecule is CCCCN(CC1CCCN1)C(=O)CC1=CCCCC1. The number of unbranched alkanes of at least 4 members (excludes halogenated alkanes) is 1. The number of nitrogens with zero attached hydrogens (tertiary/aromatic N) is 1. The van der Waals surface area contributed by atoms with Crippen LogP contribution in [0.5, 0.6) is 0 Å². The summed E-state index contributed by atoms with van der Waals surface area (Å²) in [6, 6.07) is 0.524. The Bertz CT molecular complexity index is 332. The molecule has 0 spiro atoms. The molecule has 0 aromatic carbocycles. The summed E-state index contributed by atoms with van der Waals surface area (Å²) >= 11 is 0. The van der Waals surface area contributed by atoms with Crippen LogP contribution in [-0.4, -0.2) is 36.5 Å². The number of rotatable bonds is 7. The van der Waals surface area contributed by atoms with Gasteiger partial charge in [0.15, 0.2) is 0 Å². The fraction of sp³-hybridized carbons (Fsp3) is 0.824. The largest absolute Gasteiger partial charge is 0.341 e. The molecule has 0 aromatic rings. The van der Waals surface area contributed by atoms with Crippen molar-refractivity contribution in [2.45, 2.75) is 70.8 Å². The Labute approximate surface area is 123 Å². The number of hydrogen-bond donors (Lipinski definition) is 1. The molecule has 3 heteroatoms. The quantitative estimate of drug-likeness (QED) is 0.725. The average Bonchev–Trinajstić information content (AvgIpc) is 2.97. The lowest BCUT2D eigenvalue weighted by molar-refractivity contribution is -0.130. The molecular weight excluding hydrogens is 248 g/mol. The fourth-order valence-corrected chi connectivity index (χ4v) is 3.22. The minimum Gasteiger partial charge on any atom is -0.341 e. The summed E-state index contributed by atoms with van der Waals surface area (Å²) in [5, 5.41) is 3.51. The summed E-state index contributed by atoms with van der Waals surface area (Å²) in [7, 11) is 0. The second-order valence-electron chi connectivity index (χ2n) is 6.27. The fourth-order valence-electron chi connectivity index (χ4n) is 3.22. The van der Waals surface area contributed by atoms with E-state index in [9.17, 15) is 4.79 Å². The zero-order chi connectivity index (χ0) is 14.2. The van der Waals surface area contributed by atoms with Gasteiger partial charge in [-0.2, -0.15) is 0 Å². The Balaban J connectivity index is 1.86. The van der Waals surface area contributed by atoms with Gasteiger partial charge in [0.05, 0.1) is 0 Å². The predicted molar refractivity (Wildman–Crippen MR) is 83.7 cm³/mol. The molecule has 114 valence electrons. The van der Waals surface area contributed by atoms with Gasteiger partial charge in [-0.3, -0.25) is 4.79 Å². The monoisotopic (exact) mass is 278 g/mol. The Hall–Kier alpha value is -0.830. The van der Waals surface area contributed by atoms with E-state index in [-0.39, 0.29) is 0 Å². The zero-order valence-electron chi connectivity index (χ0n) is 13.0. The van der Waals surface area contributed by atoms with E-state index in [2.05, 4.69) is 23.2 Å².